The molecule has 1 N–H and O–H groups in total. The molecular formula is C17H19F2NS. The van der Waals surface area contributed by atoms with Gasteiger partial charge in [-0.2, -0.15) is 0 Å². The first kappa shape index (κ1) is 16.0. The summed E-state index contributed by atoms with van der Waals surface area (Å²) in [4.78, 5) is 1.14. The third-order valence-corrected chi connectivity index (χ3v) is 4.19. The summed E-state index contributed by atoms with van der Waals surface area (Å²) in [5.74, 6) is -0.760. The highest BCUT2D eigenvalue weighted by atomic mass is 32.2. The summed E-state index contributed by atoms with van der Waals surface area (Å²) in [6.07, 6.45) is 2.01. The van der Waals surface area contributed by atoms with Gasteiger partial charge in [0.2, 0.25) is 0 Å². The van der Waals surface area contributed by atoms with E-state index in [1.807, 2.05) is 37.4 Å². The molecule has 0 saturated carbocycles. The van der Waals surface area contributed by atoms with Crippen LogP contribution in [-0.2, 0) is 0 Å². The predicted octanol–water partition coefficient (Wildman–Crippen LogP) is 4.69. The van der Waals surface area contributed by atoms with Crippen molar-refractivity contribution in [2.24, 2.45) is 0 Å². The summed E-state index contributed by atoms with van der Waals surface area (Å²) in [5, 5.41) is 3.23. The molecule has 1 unspecified atom stereocenters. The molecule has 0 bridgehead atoms. The Bertz CT molecular complexity index is 611. The van der Waals surface area contributed by atoms with Crippen molar-refractivity contribution < 1.29 is 8.78 Å². The minimum atomic E-state index is -0.381. The summed E-state index contributed by atoms with van der Waals surface area (Å²) in [5.41, 5.74) is 1.60. The number of benzene rings is 2. The first-order chi connectivity index (χ1) is 10.1. The molecule has 1 nitrogen and oxygen atoms in total. The summed E-state index contributed by atoms with van der Waals surface area (Å²) in [7, 11) is 0. The summed E-state index contributed by atoms with van der Waals surface area (Å²) in [6, 6.07) is 10.1. The lowest BCUT2D eigenvalue weighted by Crippen LogP contribution is -2.23. The minimum Gasteiger partial charge on any atom is -0.306 e. The van der Waals surface area contributed by atoms with Gasteiger partial charge in [0.05, 0.1) is 6.04 Å². The van der Waals surface area contributed by atoms with Crippen LogP contribution in [0.1, 0.15) is 29.7 Å². The van der Waals surface area contributed by atoms with Crippen LogP contribution in [0.15, 0.2) is 41.3 Å². The molecule has 112 valence electrons. The molecule has 1 atom stereocenters. The summed E-state index contributed by atoms with van der Waals surface area (Å²) >= 11 is 1.65. The van der Waals surface area contributed by atoms with Gasteiger partial charge in [0.25, 0.3) is 0 Å². The molecule has 0 aromatic heterocycles. The van der Waals surface area contributed by atoms with Gasteiger partial charge in [0, 0.05) is 10.5 Å². The van der Waals surface area contributed by atoms with Crippen molar-refractivity contribution >= 4 is 11.8 Å². The van der Waals surface area contributed by atoms with E-state index in [2.05, 4.69) is 5.32 Å². The average molecular weight is 307 g/mol. The zero-order chi connectivity index (χ0) is 15.4. The second-order valence-corrected chi connectivity index (χ2v) is 5.77. The van der Waals surface area contributed by atoms with E-state index < -0.39 is 0 Å². The van der Waals surface area contributed by atoms with Crippen molar-refractivity contribution in [3.63, 3.8) is 0 Å². The van der Waals surface area contributed by atoms with Gasteiger partial charge in [-0.25, -0.2) is 8.78 Å². The molecule has 2 aromatic carbocycles. The van der Waals surface area contributed by atoms with Crippen LogP contribution in [0.5, 0.6) is 0 Å². The second-order valence-electron chi connectivity index (χ2n) is 4.89. The largest absolute Gasteiger partial charge is 0.306 e. The van der Waals surface area contributed by atoms with Crippen molar-refractivity contribution in [2.75, 3.05) is 12.8 Å². The van der Waals surface area contributed by atoms with Gasteiger partial charge in [0.1, 0.15) is 11.6 Å². The van der Waals surface area contributed by atoms with Gasteiger partial charge in [-0.15, -0.1) is 11.8 Å². The maximum atomic E-state index is 14.2. The van der Waals surface area contributed by atoms with Crippen LogP contribution in [0.2, 0.25) is 0 Å². The third kappa shape index (κ3) is 3.63. The Morgan fingerprint density at radius 3 is 2.33 bits per heavy atom. The van der Waals surface area contributed by atoms with E-state index in [1.54, 1.807) is 18.7 Å². The van der Waals surface area contributed by atoms with Gasteiger partial charge < -0.3 is 5.32 Å². The lowest BCUT2D eigenvalue weighted by molar-refractivity contribution is 0.541. The van der Waals surface area contributed by atoms with E-state index in [4.69, 9.17) is 0 Å². The van der Waals surface area contributed by atoms with Crippen LogP contribution in [0.25, 0.3) is 0 Å². The maximum absolute atomic E-state index is 14.2. The van der Waals surface area contributed by atoms with Crippen LogP contribution in [0, 0.1) is 18.6 Å². The van der Waals surface area contributed by atoms with E-state index in [9.17, 15) is 8.78 Å². The normalized spacial score (nSPS) is 12.4. The number of hydrogen-bond acceptors (Lipinski definition) is 2. The van der Waals surface area contributed by atoms with Crippen LogP contribution in [0.3, 0.4) is 0 Å². The SMILES string of the molecule is CCNC(c1ccc(SC)cc1)c1cc(F)c(C)cc1F. The molecule has 21 heavy (non-hydrogen) atoms. The van der Waals surface area contributed by atoms with E-state index in [-0.39, 0.29) is 17.7 Å². The monoisotopic (exact) mass is 307 g/mol. The molecule has 0 aliphatic rings. The van der Waals surface area contributed by atoms with Crippen molar-refractivity contribution in [1.82, 2.24) is 5.32 Å². The number of nitrogens with one attached hydrogen (secondary N) is 1. The molecule has 0 spiro atoms. The fraction of sp³-hybridized carbons (Fsp3) is 0.294. The number of hydrogen-bond donors (Lipinski definition) is 1. The van der Waals surface area contributed by atoms with Gasteiger partial charge in [-0.3, -0.25) is 0 Å². The first-order valence-corrected chi connectivity index (χ1v) is 8.12. The third-order valence-electron chi connectivity index (χ3n) is 3.45. The molecule has 0 fully saturated rings. The molecule has 2 rings (SSSR count). The molecule has 0 aliphatic carbocycles. The Labute approximate surface area is 128 Å². The van der Waals surface area contributed by atoms with E-state index in [1.165, 1.54) is 12.1 Å². The number of rotatable bonds is 5. The standard InChI is InChI=1S/C17H19F2NS/c1-4-20-17(12-5-7-13(21-3)8-6-12)14-10-15(18)11(2)9-16(14)19/h5-10,17,20H,4H2,1-3H3. The number of aryl methyl sites for hydroxylation is 1. The molecule has 0 aliphatic heterocycles. The molecule has 0 heterocycles. The van der Waals surface area contributed by atoms with E-state index in [0.717, 1.165) is 10.5 Å². The molecule has 0 saturated heterocycles. The fourth-order valence-electron chi connectivity index (χ4n) is 2.29. The highest BCUT2D eigenvalue weighted by molar-refractivity contribution is 7.98. The van der Waals surface area contributed by atoms with Gasteiger partial charge in [0.15, 0.2) is 0 Å². The average Bonchev–Trinajstić information content (AvgIpc) is 2.49. The van der Waals surface area contributed by atoms with Crippen molar-refractivity contribution in [3.05, 3.63) is 64.7 Å². The smallest absolute Gasteiger partial charge is 0.128 e. The number of thioether (sulfide) groups is 1. The molecular weight excluding hydrogens is 288 g/mol. The minimum absolute atomic E-state index is 0.323. The maximum Gasteiger partial charge on any atom is 0.128 e. The molecule has 0 radical (unpaired) electrons. The van der Waals surface area contributed by atoms with Crippen molar-refractivity contribution in [3.8, 4) is 0 Å². The van der Waals surface area contributed by atoms with Crippen LogP contribution in [-0.4, -0.2) is 12.8 Å². The molecule has 2 aromatic rings. The van der Waals surface area contributed by atoms with Crippen molar-refractivity contribution in [2.45, 2.75) is 24.8 Å². The van der Waals surface area contributed by atoms with Crippen LogP contribution in [0.4, 0.5) is 8.78 Å². The van der Waals surface area contributed by atoms with Crippen LogP contribution >= 0.6 is 11.8 Å². The van der Waals surface area contributed by atoms with Gasteiger partial charge in [-0.05, 0) is 55.1 Å². The highest BCUT2D eigenvalue weighted by Crippen LogP contribution is 2.28. The second kappa shape index (κ2) is 7.05. The fourth-order valence-corrected chi connectivity index (χ4v) is 2.70. The lowest BCUT2D eigenvalue weighted by Gasteiger charge is -2.20. The van der Waals surface area contributed by atoms with Gasteiger partial charge in [-0.1, -0.05) is 19.1 Å². The molecule has 4 heteroatoms. The highest BCUT2D eigenvalue weighted by Gasteiger charge is 2.19. The first-order valence-electron chi connectivity index (χ1n) is 6.89. The zero-order valence-electron chi connectivity index (χ0n) is 12.4. The van der Waals surface area contributed by atoms with E-state index >= 15 is 0 Å². The van der Waals surface area contributed by atoms with Crippen molar-refractivity contribution in [1.29, 1.82) is 0 Å². The Morgan fingerprint density at radius 2 is 1.76 bits per heavy atom. The Morgan fingerprint density at radius 1 is 1.10 bits per heavy atom. The quantitative estimate of drug-likeness (QED) is 0.804. The zero-order valence-corrected chi connectivity index (χ0v) is 13.2. The predicted molar refractivity (Wildman–Crippen MR) is 84.8 cm³/mol. The van der Waals surface area contributed by atoms with E-state index in [0.29, 0.717) is 17.7 Å². The Kier molecular flexibility index (Phi) is 5.37. The van der Waals surface area contributed by atoms with Gasteiger partial charge >= 0.3 is 0 Å². The molecule has 0 amide bonds. The summed E-state index contributed by atoms with van der Waals surface area (Å²) in [6.45, 7) is 4.19. The Hall–Kier alpha value is -1.39. The summed E-state index contributed by atoms with van der Waals surface area (Å²) < 4.78 is 28.0. The topological polar surface area (TPSA) is 12.0 Å². The lowest BCUT2D eigenvalue weighted by atomic mass is 9.97. The number of halogens is 2. The Balaban J connectivity index is 2.44. The van der Waals surface area contributed by atoms with Crippen LogP contribution < -0.4 is 5.32 Å².